The number of likely N-dealkylation sites (tertiary alicyclic amines) is 1. The second-order valence-electron chi connectivity index (χ2n) is 7.70. The summed E-state index contributed by atoms with van der Waals surface area (Å²) < 4.78 is 12.0. The lowest BCUT2D eigenvalue weighted by Gasteiger charge is -2.50. The largest absolute Gasteiger partial charge is 0.376 e. The number of hydrogen-bond donors (Lipinski definition) is 1. The summed E-state index contributed by atoms with van der Waals surface area (Å²) in [6, 6.07) is 13.8. The van der Waals surface area contributed by atoms with E-state index in [0.29, 0.717) is 37.9 Å². The van der Waals surface area contributed by atoms with Gasteiger partial charge in [0.2, 0.25) is 0 Å². The fraction of sp³-hybridized carbons (Fsp3) is 0.364. The second kappa shape index (κ2) is 7.04. The predicted octanol–water partition coefficient (Wildman–Crippen LogP) is 3.01. The highest BCUT2D eigenvalue weighted by molar-refractivity contribution is 5.98. The number of hydrogen-bond acceptors (Lipinski definition) is 4. The Balaban J connectivity index is 1.19. The van der Waals surface area contributed by atoms with Gasteiger partial charge in [-0.1, -0.05) is 18.2 Å². The molecule has 0 saturated carbocycles. The Hall–Kier alpha value is -2.70. The van der Waals surface area contributed by atoms with E-state index in [1.165, 1.54) is 0 Å². The summed E-state index contributed by atoms with van der Waals surface area (Å²) >= 11 is 0. The van der Waals surface area contributed by atoms with Crippen LogP contribution in [0.1, 0.15) is 22.5 Å². The fourth-order valence-corrected chi connectivity index (χ4v) is 4.27. The smallest absolute Gasteiger partial charge is 0.270 e. The van der Waals surface area contributed by atoms with E-state index < -0.39 is 0 Å². The van der Waals surface area contributed by atoms with Crippen LogP contribution in [0.5, 0.6) is 0 Å². The van der Waals surface area contributed by atoms with Gasteiger partial charge in [0.15, 0.2) is 0 Å². The molecule has 2 saturated heterocycles. The molecule has 4 heterocycles. The first-order valence-corrected chi connectivity index (χ1v) is 9.71. The zero-order valence-electron chi connectivity index (χ0n) is 15.6. The Morgan fingerprint density at radius 2 is 2.07 bits per heavy atom. The maximum atomic E-state index is 12.8. The molecule has 6 heteroatoms. The van der Waals surface area contributed by atoms with Crippen molar-refractivity contribution >= 4 is 16.8 Å². The quantitative estimate of drug-likeness (QED) is 0.742. The minimum atomic E-state index is -0.250. The minimum Gasteiger partial charge on any atom is -0.376 e. The zero-order valence-corrected chi connectivity index (χ0v) is 15.6. The number of fused-ring (bicyclic) bond motifs is 1. The van der Waals surface area contributed by atoms with Gasteiger partial charge in [0.25, 0.3) is 5.91 Å². The first-order chi connectivity index (χ1) is 13.7. The number of H-pyrrole nitrogens is 1. The summed E-state index contributed by atoms with van der Waals surface area (Å²) in [4.78, 5) is 22.0. The number of aromatic nitrogens is 2. The van der Waals surface area contributed by atoms with Crippen LogP contribution in [0.15, 0.2) is 54.9 Å². The SMILES string of the molecule is O=C(c1cc2ccccc2[nH]1)N1CC2(C1)OCC[C@@H]2COCc1ccncc1. The van der Waals surface area contributed by atoms with Crippen LogP contribution >= 0.6 is 0 Å². The number of carbonyl (C=O) groups is 1. The maximum Gasteiger partial charge on any atom is 0.270 e. The van der Waals surface area contributed by atoms with Crippen molar-refractivity contribution < 1.29 is 14.3 Å². The molecule has 144 valence electrons. The van der Waals surface area contributed by atoms with Crippen molar-refractivity contribution in [2.75, 3.05) is 26.3 Å². The molecule has 3 aromatic rings. The average Bonchev–Trinajstić information content (AvgIpc) is 3.31. The third-order valence-electron chi connectivity index (χ3n) is 5.90. The van der Waals surface area contributed by atoms with Crippen molar-refractivity contribution in [2.45, 2.75) is 18.6 Å². The van der Waals surface area contributed by atoms with Crippen molar-refractivity contribution in [3.05, 3.63) is 66.1 Å². The first kappa shape index (κ1) is 17.4. The number of aromatic amines is 1. The fourth-order valence-electron chi connectivity index (χ4n) is 4.27. The Morgan fingerprint density at radius 3 is 2.89 bits per heavy atom. The maximum absolute atomic E-state index is 12.8. The molecule has 0 bridgehead atoms. The zero-order chi connectivity index (χ0) is 19.0. The van der Waals surface area contributed by atoms with Crippen molar-refractivity contribution in [3.8, 4) is 0 Å². The van der Waals surface area contributed by atoms with Crippen LogP contribution in [0.25, 0.3) is 10.9 Å². The van der Waals surface area contributed by atoms with E-state index in [2.05, 4.69) is 9.97 Å². The minimum absolute atomic E-state index is 0.0359. The van der Waals surface area contributed by atoms with Crippen LogP contribution in [0.4, 0.5) is 0 Å². The van der Waals surface area contributed by atoms with E-state index in [-0.39, 0.29) is 11.5 Å². The number of para-hydroxylation sites is 1. The van der Waals surface area contributed by atoms with Crippen molar-refractivity contribution in [1.82, 2.24) is 14.9 Å². The molecular weight excluding hydrogens is 354 g/mol. The molecule has 1 amide bonds. The third kappa shape index (κ3) is 3.08. The van der Waals surface area contributed by atoms with E-state index >= 15 is 0 Å². The molecule has 28 heavy (non-hydrogen) atoms. The van der Waals surface area contributed by atoms with Gasteiger partial charge in [0.05, 0.1) is 26.3 Å². The third-order valence-corrected chi connectivity index (χ3v) is 5.90. The molecule has 1 N–H and O–H groups in total. The lowest BCUT2D eigenvalue weighted by molar-refractivity contribution is -0.129. The molecule has 1 spiro atoms. The van der Waals surface area contributed by atoms with Crippen LogP contribution in [0.3, 0.4) is 0 Å². The summed E-state index contributed by atoms with van der Waals surface area (Å²) in [5.41, 5.74) is 2.49. The molecule has 2 fully saturated rings. The van der Waals surface area contributed by atoms with Gasteiger partial charge in [-0.3, -0.25) is 9.78 Å². The second-order valence-corrected chi connectivity index (χ2v) is 7.70. The number of ether oxygens (including phenoxy) is 2. The highest BCUT2D eigenvalue weighted by atomic mass is 16.5. The number of pyridine rings is 1. The predicted molar refractivity (Wildman–Crippen MR) is 105 cm³/mol. The highest BCUT2D eigenvalue weighted by Crippen LogP contribution is 2.40. The molecule has 0 unspecified atom stereocenters. The van der Waals surface area contributed by atoms with E-state index in [1.807, 2.05) is 47.4 Å². The van der Waals surface area contributed by atoms with Crippen molar-refractivity contribution in [3.63, 3.8) is 0 Å². The van der Waals surface area contributed by atoms with Gasteiger partial charge < -0.3 is 19.4 Å². The highest BCUT2D eigenvalue weighted by Gasteiger charge is 2.54. The van der Waals surface area contributed by atoms with Crippen LogP contribution in [-0.2, 0) is 16.1 Å². The molecule has 1 aromatic carbocycles. The Labute approximate surface area is 163 Å². The first-order valence-electron chi connectivity index (χ1n) is 9.71. The van der Waals surface area contributed by atoms with Crippen molar-refractivity contribution in [1.29, 1.82) is 0 Å². The van der Waals surface area contributed by atoms with Gasteiger partial charge in [0.1, 0.15) is 11.3 Å². The van der Waals surface area contributed by atoms with E-state index in [1.54, 1.807) is 12.4 Å². The number of carbonyl (C=O) groups excluding carboxylic acids is 1. The van der Waals surface area contributed by atoms with Crippen LogP contribution < -0.4 is 0 Å². The average molecular weight is 377 g/mol. The summed E-state index contributed by atoms with van der Waals surface area (Å²) in [7, 11) is 0. The van der Waals surface area contributed by atoms with Crippen molar-refractivity contribution in [2.24, 2.45) is 5.92 Å². The van der Waals surface area contributed by atoms with Crippen LogP contribution in [0.2, 0.25) is 0 Å². The molecule has 6 nitrogen and oxygen atoms in total. The molecule has 0 radical (unpaired) electrons. The Morgan fingerprint density at radius 1 is 1.25 bits per heavy atom. The monoisotopic (exact) mass is 377 g/mol. The summed E-state index contributed by atoms with van der Waals surface area (Å²) in [5, 5.41) is 1.06. The number of benzene rings is 1. The molecule has 2 aliphatic rings. The van der Waals surface area contributed by atoms with Gasteiger partial charge in [-0.15, -0.1) is 0 Å². The number of nitrogens with zero attached hydrogens (tertiary/aromatic N) is 2. The molecule has 0 aliphatic carbocycles. The normalized spacial score (nSPS) is 20.6. The van der Waals surface area contributed by atoms with Crippen LogP contribution in [0, 0.1) is 5.92 Å². The lowest BCUT2D eigenvalue weighted by atomic mass is 9.81. The number of rotatable bonds is 5. The molecule has 2 aromatic heterocycles. The summed E-state index contributed by atoms with van der Waals surface area (Å²) in [6.45, 7) is 3.22. The standard InChI is InChI=1S/C22H23N3O3/c26-21(20-11-17-3-1-2-4-19(17)24-20)25-14-22(15-25)18(7-10-28-22)13-27-12-16-5-8-23-9-6-16/h1-6,8-9,11,18,24H,7,10,12-15H2/t18-/m1/s1. The number of amides is 1. The van der Waals surface area contributed by atoms with E-state index in [0.717, 1.165) is 29.5 Å². The van der Waals surface area contributed by atoms with E-state index in [4.69, 9.17) is 9.47 Å². The van der Waals surface area contributed by atoms with Crippen LogP contribution in [-0.4, -0.2) is 52.7 Å². The Bertz CT molecular complexity index is 946. The Kier molecular flexibility index (Phi) is 4.37. The molecule has 2 aliphatic heterocycles. The molecule has 5 rings (SSSR count). The molecular formula is C22H23N3O3. The molecule has 1 atom stereocenters. The van der Waals surface area contributed by atoms with Gasteiger partial charge in [-0.2, -0.15) is 0 Å². The van der Waals surface area contributed by atoms with Gasteiger partial charge in [-0.05, 0) is 36.2 Å². The van der Waals surface area contributed by atoms with Gasteiger partial charge in [-0.25, -0.2) is 0 Å². The van der Waals surface area contributed by atoms with Gasteiger partial charge in [0, 0.05) is 35.8 Å². The van der Waals surface area contributed by atoms with Gasteiger partial charge >= 0.3 is 0 Å². The number of nitrogens with one attached hydrogen (secondary N) is 1. The summed E-state index contributed by atoms with van der Waals surface area (Å²) in [5.74, 6) is 0.356. The topological polar surface area (TPSA) is 67.5 Å². The van der Waals surface area contributed by atoms with E-state index in [9.17, 15) is 4.79 Å². The summed E-state index contributed by atoms with van der Waals surface area (Å²) in [6.07, 6.45) is 4.53. The lowest BCUT2D eigenvalue weighted by Crippen LogP contribution is -2.66.